The highest BCUT2D eigenvalue weighted by atomic mass is 19.4. The fourth-order valence-electron chi connectivity index (χ4n) is 3.62. The smallest absolute Gasteiger partial charge is 0.437 e. The molecule has 0 atom stereocenters. The molecule has 1 aliphatic heterocycles. The van der Waals surface area contributed by atoms with Crippen molar-refractivity contribution in [2.75, 3.05) is 36.4 Å². The van der Waals surface area contributed by atoms with E-state index in [1.807, 2.05) is 4.90 Å². The molecule has 3 aromatic heterocycles. The average Bonchev–Trinajstić information content (AvgIpc) is 3.35. The maximum atomic E-state index is 13.2. The number of carbonyl (C=O) groups excluding carboxylic acids is 2. The normalized spacial score (nSPS) is 14.9. The topological polar surface area (TPSA) is 110 Å². The van der Waals surface area contributed by atoms with Crippen LogP contribution in [0.15, 0.2) is 24.7 Å². The number of nitrogens with one attached hydrogen (secondary N) is 1. The third-order valence-electron chi connectivity index (χ3n) is 5.20. The van der Waals surface area contributed by atoms with Crippen LogP contribution in [0.2, 0.25) is 0 Å². The van der Waals surface area contributed by atoms with Crippen LogP contribution in [0.3, 0.4) is 0 Å². The van der Waals surface area contributed by atoms with Gasteiger partial charge in [0.1, 0.15) is 17.0 Å². The molecule has 1 fully saturated rings. The van der Waals surface area contributed by atoms with Crippen molar-refractivity contribution in [3.8, 4) is 0 Å². The molecular formula is C21H25F3N8O3. The average molecular weight is 494 g/mol. The molecule has 188 valence electrons. The number of aromatic nitrogens is 5. The van der Waals surface area contributed by atoms with Gasteiger partial charge in [-0.25, -0.2) is 14.3 Å². The Morgan fingerprint density at radius 2 is 1.80 bits per heavy atom. The monoisotopic (exact) mass is 494 g/mol. The number of halogens is 3. The van der Waals surface area contributed by atoms with E-state index >= 15 is 0 Å². The van der Waals surface area contributed by atoms with Crippen molar-refractivity contribution in [3.63, 3.8) is 0 Å². The van der Waals surface area contributed by atoms with E-state index < -0.39 is 29.1 Å². The zero-order valence-corrected chi connectivity index (χ0v) is 19.6. The summed E-state index contributed by atoms with van der Waals surface area (Å²) in [5, 5.41) is 9.73. The van der Waals surface area contributed by atoms with Gasteiger partial charge >= 0.3 is 12.3 Å². The first-order chi connectivity index (χ1) is 16.3. The largest absolute Gasteiger partial charge is 0.444 e. The Labute approximate surface area is 198 Å². The lowest BCUT2D eigenvalue weighted by molar-refractivity contribution is -0.140. The number of hydrogen-bond donors (Lipinski definition) is 1. The van der Waals surface area contributed by atoms with Gasteiger partial charge in [-0.3, -0.25) is 9.48 Å². The maximum absolute atomic E-state index is 13.2. The van der Waals surface area contributed by atoms with Gasteiger partial charge in [-0.1, -0.05) is 0 Å². The Morgan fingerprint density at radius 1 is 1.11 bits per heavy atom. The quantitative estimate of drug-likeness (QED) is 0.596. The summed E-state index contributed by atoms with van der Waals surface area (Å²) in [6.07, 6.45) is -1.18. The van der Waals surface area contributed by atoms with Crippen molar-refractivity contribution in [1.82, 2.24) is 29.3 Å². The summed E-state index contributed by atoms with van der Waals surface area (Å²) >= 11 is 0. The van der Waals surface area contributed by atoms with E-state index in [-0.39, 0.29) is 17.3 Å². The molecule has 35 heavy (non-hydrogen) atoms. The number of hydrogen-bond acceptors (Lipinski definition) is 7. The van der Waals surface area contributed by atoms with Crippen molar-refractivity contribution in [2.45, 2.75) is 32.5 Å². The Hall–Kier alpha value is -3.84. The second-order valence-electron chi connectivity index (χ2n) is 9.08. The standard InChI is InChI=1S/C21H25F3N8O3/c1-20(2,3)35-19(34)31-9-7-30(8-10-31)15-5-6-32-17(27-15)13(11-25-32)18(33)26-14-12-29(4)28-16(14)21(22,23)24/h5-6,11-12H,7-10H2,1-4H3,(H,26,33). The highest BCUT2D eigenvalue weighted by molar-refractivity contribution is 6.08. The number of nitrogens with zero attached hydrogens (tertiary/aromatic N) is 7. The number of piperazine rings is 1. The highest BCUT2D eigenvalue weighted by Gasteiger charge is 2.38. The number of aryl methyl sites for hydroxylation is 1. The van der Waals surface area contributed by atoms with Crippen LogP contribution in [-0.4, -0.2) is 73.1 Å². The molecule has 11 nitrogen and oxygen atoms in total. The van der Waals surface area contributed by atoms with Crippen LogP contribution in [-0.2, 0) is 18.0 Å². The van der Waals surface area contributed by atoms with E-state index in [0.29, 0.717) is 32.0 Å². The van der Waals surface area contributed by atoms with E-state index in [0.717, 1.165) is 10.9 Å². The van der Waals surface area contributed by atoms with Crippen molar-refractivity contribution in [1.29, 1.82) is 0 Å². The fourth-order valence-corrected chi connectivity index (χ4v) is 3.62. The number of anilines is 2. The molecule has 0 aromatic carbocycles. The summed E-state index contributed by atoms with van der Waals surface area (Å²) in [5.74, 6) is -0.244. The van der Waals surface area contributed by atoms with E-state index in [2.05, 4.69) is 20.5 Å². The first-order valence-corrected chi connectivity index (χ1v) is 10.8. The molecule has 1 N–H and O–H groups in total. The Balaban J connectivity index is 1.50. The van der Waals surface area contributed by atoms with Gasteiger partial charge in [0.05, 0.1) is 11.9 Å². The lowest BCUT2D eigenvalue weighted by Crippen LogP contribution is -2.50. The van der Waals surface area contributed by atoms with Gasteiger partial charge in [0.25, 0.3) is 5.91 Å². The van der Waals surface area contributed by atoms with Crippen molar-refractivity contribution >= 4 is 29.2 Å². The minimum Gasteiger partial charge on any atom is -0.444 e. The molecule has 1 saturated heterocycles. The van der Waals surface area contributed by atoms with E-state index in [1.54, 1.807) is 37.9 Å². The van der Waals surface area contributed by atoms with Gasteiger partial charge in [-0.05, 0) is 26.8 Å². The third kappa shape index (κ3) is 5.30. The van der Waals surface area contributed by atoms with Crippen molar-refractivity contribution < 1.29 is 27.5 Å². The summed E-state index contributed by atoms with van der Waals surface area (Å²) in [6.45, 7) is 7.24. The van der Waals surface area contributed by atoms with Crippen LogP contribution in [0.5, 0.6) is 0 Å². The van der Waals surface area contributed by atoms with Crippen LogP contribution in [0.25, 0.3) is 5.65 Å². The van der Waals surface area contributed by atoms with Gasteiger partial charge in [0.15, 0.2) is 11.3 Å². The van der Waals surface area contributed by atoms with E-state index in [4.69, 9.17) is 4.74 Å². The summed E-state index contributed by atoms with van der Waals surface area (Å²) in [4.78, 5) is 33.2. The number of fused-ring (bicyclic) bond motifs is 1. The molecule has 1 aliphatic rings. The van der Waals surface area contributed by atoms with E-state index in [9.17, 15) is 22.8 Å². The van der Waals surface area contributed by atoms with E-state index in [1.165, 1.54) is 17.8 Å². The molecule has 0 saturated carbocycles. The lowest BCUT2D eigenvalue weighted by atomic mass is 10.2. The Bertz CT molecular complexity index is 1250. The molecule has 0 unspecified atom stereocenters. The molecule has 4 heterocycles. The minimum absolute atomic E-state index is 0.0104. The summed E-state index contributed by atoms with van der Waals surface area (Å²) in [6, 6.07) is 1.72. The van der Waals surface area contributed by atoms with Gasteiger partial charge in [-0.15, -0.1) is 0 Å². The predicted octanol–water partition coefficient (Wildman–Crippen LogP) is 2.79. The molecule has 0 spiro atoms. The molecular weight excluding hydrogens is 469 g/mol. The van der Waals surface area contributed by atoms with Crippen LogP contribution < -0.4 is 10.2 Å². The number of ether oxygens (including phenoxy) is 1. The molecule has 3 aromatic rings. The zero-order chi connectivity index (χ0) is 25.5. The van der Waals surface area contributed by atoms with Crippen LogP contribution in [0.4, 0.5) is 29.5 Å². The zero-order valence-electron chi connectivity index (χ0n) is 19.6. The Kier molecular flexibility index (Phi) is 6.07. The fraction of sp³-hybridized carbons (Fsp3) is 0.476. The number of alkyl halides is 3. The molecule has 0 bridgehead atoms. The first-order valence-electron chi connectivity index (χ1n) is 10.8. The van der Waals surface area contributed by atoms with Crippen molar-refractivity contribution in [2.24, 2.45) is 7.05 Å². The van der Waals surface area contributed by atoms with Gasteiger partial charge in [0.2, 0.25) is 0 Å². The summed E-state index contributed by atoms with van der Waals surface area (Å²) < 4.78 is 47.4. The third-order valence-corrected chi connectivity index (χ3v) is 5.20. The number of amides is 2. The predicted molar refractivity (Wildman–Crippen MR) is 119 cm³/mol. The van der Waals surface area contributed by atoms with Gasteiger partial charge in [-0.2, -0.15) is 23.4 Å². The molecule has 2 amide bonds. The summed E-state index contributed by atoms with van der Waals surface area (Å²) in [7, 11) is 1.33. The highest BCUT2D eigenvalue weighted by Crippen LogP contribution is 2.33. The van der Waals surface area contributed by atoms with Gasteiger partial charge in [0, 0.05) is 45.6 Å². The maximum Gasteiger partial charge on any atom is 0.437 e. The lowest BCUT2D eigenvalue weighted by Gasteiger charge is -2.36. The van der Waals surface area contributed by atoms with Gasteiger partial charge < -0.3 is 19.9 Å². The van der Waals surface area contributed by atoms with Crippen molar-refractivity contribution in [3.05, 3.63) is 35.9 Å². The first kappa shape index (κ1) is 24.3. The Morgan fingerprint density at radius 3 is 2.43 bits per heavy atom. The molecule has 4 rings (SSSR count). The molecule has 14 heteroatoms. The number of rotatable bonds is 3. The second-order valence-corrected chi connectivity index (χ2v) is 9.08. The SMILES string of the molecule is Cn1cc(NC(=O)c2cnn3ccc(N4CCN(C(=O)OC(C)(C)C)CC4)nc23)c(C(F)(F)F)n1. The molecule has 0 aliphatic carbocycles. The summed E-state index contributed by atoms with van der Waals surface area (Å²) in [5.41, 5.74) is -2.04. The number of carbonyl (C=O) groups is 2. The van der Waals surface area contributed by atoms with Crippen LogP contribution >= 0.6 is 0 Å². The second kappa shape index (κ2) is 8.74. The molecule has 0 radical (unpaired) electrons. The van der Waals surface area contributed by atoms with Crippen LogP contribution in [0, 0.1) is 0 Å². The minimum atomic E-state index is -4.72. The van der Waals surface area contributed by atoms with Crippen LogP contribution in [0.1, 0.15) is 36.8 Å².